The summed E-state index contributed by atoms with van der Waals surface area (Å²) in [6.45, 7) is 1.92. The smallest absolute Gasteiger partial charge is 0.344 e. The molecule has 2 heterocycles. The van der Waals surface area contributed by atoms with Gasteiger partial charge in [0, 0.05) is 22.1 Å². The number of likely N-dealkylation sites (tertiary alicyclic amines) is 1. The van der Waals surface area contributed by atoms with Crippen molar-refractivity contribution in [2.24, 2.45) is 0 Å². The number of cyclic esters (lactones) is 1. The summed E-state index contributed by atoms with van der Waals surface area (Å²) in [6, 6.07) is 7.99. The molecule has 0 aliphatic carbocycles. The fraction of sp³-hybridized carbons (Fsp3) is 0.318. The van der Waals surface area contributed by atoms with Crippen LogP contribution in [0.1, 0.15) is 40.6 Å². The molecule has 162 valence electrons. The van der Waals surface area contributed by atoms with Crippen molar-refractivity contribution in [2.75, 3.05) is 19.5 Å². The van der Waals surface area contributed by atoms with E-state index in [9.17, 15) is 14.4 Å². The molecule has 0 saturated carbocycles. The number of esters is 1. The lowest BCUT2D eigenvalue weighted by molar-refractivity contribution is -0.144. The highest BCUT2D eigenvalue weighted by Gasteiger charge is 2.47. The van der Waals surface area contributed by atoms with E-state index in [1.54, 1.807) is 18.2 Å². The summed E-state index contributed by atoms with van der Waals surface area (Å²) in [5.74, 6) is -0.597. The molecule has 1 fully saturated rings. The summed E-state index contributed by atoms with van der Waals surface area (Å²) < 4.78 is 17.1. The van der Waals surface area contributed by atoms with Gasteiger partial charge in [-0.05, 0) is 49.2 Å². The van der Waals surface area contributed by atoms with Crippen LogP contribution in [-0.2, 0) is 14.3 Å². The third-order valence-corrected chi connectivity index (χ3v) is 6.39. The summed E-state index contributed by atoms with van der Waals surface area (Å²) in [7, 11) is 2.90. The molecule has 0 spiro atoms. The van der Waals surface area contributed by atoms with Gasteiger partial charge in [0.05, 0.1) is 14.2 Å². The summed E-state index contributed by atoms with van der Waals surface area (Å²) in [5, 5.41) is 2.86. The van der Waals surface area contributed by atoms with E-state index < -0.39 is 18.2 Å². The number of rotatable bonds is 5. The first-order valence-electron chi connectivity index (χ1n) is 9.69. The third-order valence-electron chi connectivity index (χ3n) is 5.50. The van der Waals surface area contributed by atoms with Gasteiger partial charge in [-0.2, -0.15) is 0 Å². The van der Waals surface area contributed by atoms with Crippen LogP contribution in [0.2, 0.25) is 0 Å². The molecule has 8 nitrogen and oxygen atoms in total. The molecule has 4 rings (SSSR count). The Balaban J connectivity index is 1.64. The lowest BCUT2D eigenvalue weighted by Gasteiger charge is -2.29. The van der Waals surface area contributed by atoms with Crippen molar-refractivity contribution in [3.05, 3.63) is 51.5 Å². The van der Waals surface area contributed by atoms with Gasteiger partial charge in [-0.25, -0.2) is 4.79 Å². The predicted octanol–water partition coefficient (Wildman–Crippen LogP) is 3.57. The van der Waals surface area contributed by atoms with E-state index in [-0.39, 0.29) is 29.5 Å². The minimum Gasteiger partial charge on any atom is -0.493 e. The number of nitrogens with zero attached hydrogens (tertiary/aromatic N) is 1. The largest absolute Gasteiger partial charge is 0.493 e. The number of benzene rings is 2. The number of aryl methyl sites for hydroxylation is 1. The zero-order chi connectivity index (χ0) is 22.3. The number of ether oxygens (including phenoxy) is 3. The van der Waals surface area contributed by atoms with Crippen LogP contribution < -0.4 is 14.8 Å². The third kappa shape index (κ3) is 3.63. The van der Waals surface area contributed by atoms with E-state index in [2.05, 4.69) is 21.2 Å². The lowest BCUT2D eigenvalue weighted by Crippen LogP contribution is -2.43. The molecule has 9 heteroatoms. The number of halogens is 1. The predicted molar refractivity (Wildman–Crippen MR) is 115 cm³/mol. The number of hydrogen-bond acceptors (Lipinski definition) is 6. The van der Waals surface area contributed by atoms with E-state index in [4.69, 9.17) is 14.2 Å². The first-order valence-corrected chi connectivity index (χ1v) is 10.5. The van der Waals surface area contributed by atoms with E-state index in [1.165, 1.54) is 19.1 Å². The van der Waals surface area contributed by atoms with Gasteiger partial charge in [-0.3, -0.25) is 14.5 Å². The number of hydrogen-bond donors (Lipinski definition) is 1. The molecule has 0 aromatic heterocycles. The first-order chi connectivity index (χ1) is 14.8. The number of methoxy groups -OCH3 is 2. The van der Waals surface area contributed by atoms with Gasteiger partial charge in [0.1, 0.15) is 11.6 Å². The van der Waals surface area contributed by atoms with Crippen LogP contribution in [0.15, 0.2) is 34.8 Å². The van der Waals surface area contributed by atoms with Crippen molar-refractivity contribution in [2.45, 2.75) is 32.0 Å². The van der Waals surface area contributed by atoms with Gasteiger partial charge >= 0.3 is 5.97 Å². The maximum atomic E-state index is 13.0. The molecule has 0 radical (unpaired) electrons. The minimum atomic E-state index is -1.00. The normalized spacial score (nSPS) is 19.8. The van der Waals surface area contributed by atoms with E-state index >= 15 is 0 Å². The number of anilines is 1. The second-order valence-corrected chi connectivity index (χ2v) is 8.19. The van der Waals surface area contributed by atoms with Gasteiger partial charge in [0.15, 0.2) is 11.5 Å². The minimum absolute atomic E-state index is 0.189. The summed E-state index contributed by atoms with van der Waals surface area (Å²) >= 11 is 3.43. The Hall–Kier alpha value is -3.07. The van der Waals surface area contributed by atoms with Crippen LogP contribution >= 0.6 is 15.9 Å². The summed E-state index contributed by atoms with van der Waals surface area (Å²) in [4.78, 5) is 39.7. The fourth-order valence-corrected chi connectivity index (χ4v) is 4.24. The molecule has 2 amide bonds. The second-order valence-electron chi connectivity index (χ2n) is 7.33. The molecule has 2 aliphatic rings. The molecule has 2 aromatic carbocycles. The number of carbonyl (C=O) groups excluding carboxylic acids is 3. The highest BCUT2D eigenvalue weighted by atomic mass is 79.9. The van der Waals surface area contributed by atoms with Gasteiger partial charge < -0.3 is 19.5 Å². The Morgan fingerprint density at radius 1 is 1.19 bits per heavy atom. The lowest BCUT2D eigenvalue weighted by atomic mass is 10.0. The Labute approximate surface area is 187 Å². The topological polar surface area (TPSA) is 94.2 Å². The number of amides is 2. The van der Waals surface area contributed by atoms with Crippen LogP contribution in [0.5, 0.6) is 11.5 Å². The molecule has 0 unspecified atom stereocenters. The van der Waals surface area contributed by atoms with Crippen molar-refractivity contribution in [3.8, 4) is 11.5 Å². The molecule has 1 saturated heterocycles. The van der Waals surface area contributed by atoms with E-state index in [0.29, 0.717) is 23.4 Å². The van der Waals surface area contributed by atoms with Crippen LogP contribution in [-0.4, -0.2) is 42.9 Å². The zero-order valence-corrected chi connectivity index (χ0v) is 18.8. The van der Waals surface area contributed by atoms with Gasteiger partial charge in [0.2, 0.25) is 18.0 Å². The van der Waals surface area contributed by atoms with E-state index in [0.717, 1.165) is 10.0 Å². The van der Waals surface area contributed by atoms with Crippen LogP contribution in [0.4, 0.5) is 5.69 Å². The molecular formula is C22H21BrN2O6. The van der Waals surface area contributed by atoms with Crippen LogP contribution in [0.3, 0.4) is 0 Å². The molecule has 0 bridgehead atoms. The fourth-order valence-electron chi connectivity index (χ4n) is 3.99. The Bertz CT molecular complexity index is 1090. The van der Waals surface area contributed by atoms with E-state index in [1.807, 2.05) is 19.1 Å². The first kappa shape index (κ1) is 21.2. The monoisotopic (exact) mass is 488 g/mol. The van der Waals surface area contributed by atoms with Crippen molar-refractivity contribution < 1.29 is 28.6 Å². The highest BCUT2D eigenvalue weighted by molar-refractivity contribution is 9.10. The summed E-state index contributed by atoms with van der Waals surface area (Å²) in [6.07, 6.45) is -0.481. The average Bonchev–Trinajstić information content (AvgIpc) is 3.29. The number of nitrogens with one attached hydrogen (secondary N) is 1. The standard InChI is InChI=1S/C22H21BrN2O6/c1-11-10-12(4-6-14(11)23)24-20(27)15-7-9-17(26)25(15)21-13-5-8-16(29-2)19(30-3)18(13)22(28)31-21/h4-6,8,10,15,21H,7,9H2,1-3H3,(H,24,27)/t15-,21-/m0/s1. The maximum Gasteiger partial charge on any atom is 0.344 e. The van der Waals surface area contributed by atoms with Gasteiger partial charge in [-0.1, -0.05) is 15.9 Å². The highest BCUT2D eigenvalue weighted by Crippen LogP contribution is 2.45. The maximum absolute atomic E-state index is 13.0. The number of carbonyl (C=O) groups is 3. The molecular weight excluding hydrogens is 468 g/mol. The molecule has 1 N–H and O–H groups in total. The average molecular weight is 489 g/mol. The Morgan fingerprint density at radius 2 is 1.97 bits per heavy atom. The Morgan fingerprint density at radius 3 is 2.65 bits per heavy atom. The molecule has 2 atom stereocenters. The SMILES string of the molecule is COc1ccc2c(c1OC)C(=O)O[C@@H]2N1C(=O)CC[C@H]1C(=O)Nc1ccc(Br)c(C)c1. The quantitative estimate of drug-likeness (QED) is 0.646. The van der Waals surface area contributed by atoms with Crippen molar-refractivity contribution >= 4 is 39.4 Å². The second kappa shape index (κ2) is 8.22. The van der Waals surface area contributed by atoms with Crippen molar-refractivity contribution in [1.82, 2.24) is 4.90 Å². The molecule has 2 aromatic rings. The summed E-state index contributed by atoms with van der Waals surface area (Å²) in [5.41, 5.74) is 2.27. The zero-order valence-electron chi connectivity index (χ0n) is 17.2. The van der Waals surface area contributed by atoms with Crippen molar-refractivity contribution in [1.29, 1.82) is 0 Å². The van der Waals surface area contributed by atoms with Crippen LogP contribution in [0.25, 0.3) is 0 Å². The Kier molecular flexibility index (Phi) is 5.62. The molecule has 31 heavy (non-hydrogen) atoms. The van der Waals surface area contributed by atoms with Gasteiger partial charge in [-0.15, -0.1) is 0 Å². The number of fused-ring (bicyclic) bond motifs is 1. The van der Waals surface area contributed by atoms with Gasteiger partial charge in [0.25, 0.3) is 0 Å². The molecule has 2 aliphatic heterocycles. The van der Waals surface area contributed by atoms with Crippen molar-refractivity contribution in [3.63, 3.8) is 0 Å². The van der Waals surface area contributed by atoms with Crippen LogP contribution in [0, 0.1) is 6.92 Å².